The molecule has 0 fully saturated rings. The Morgan fingerprint density at radius 3 is 2.12 bits per heavy atom. The highest BCUT2D eigenvalue weighted by molar-refractivity contribution is 5.94. The van der Waals surface area contributed by atoms with E-state index in [1.807, 2.05) is 97.1 Å². The zero-order chi connectivity index (χ0) is 23.9. The van der Waals surface area contributed by atoms with Crippen LogP contribution >= 0.6 is 0 Å². The highest BCUT2D eigenvalue weighted by Gasteiger charge is 2.26. The molecule has 1 unspecified atom stereocenters. The summed E-state index contributed by atoms with van der Waals surface area (Å²) in [6.45, 7) is 2.34. The molecule has 1 amide bonds. The number of esters is 1. The van der Waals surface area contributed by atoms with Gasteiger partial charge in [0.15, 0.2) is 5.69 Å². The second-order valence-corrected chi connectivity index (χ2v) is 8.12. The number of hydrogen-bond donors (Lipinski definition) is 0. The van der Waals surface area contributed by atoms with Crippen LogP contribution in [0.25, 0.3) is 16.9 Å². The Kier molecular flexibility index (Phi) is 7.18. The molecule has 4 aromatic rings. The molecule has 0 saturated heterocycles. The van der Waals surface area contributed by atoms with Crippen molar-refractivity contribution in [3.8, 4) is 16.9 Å². The Morgan fingerprint density at radius 2 is 1.50 bits per heavy atom. The Morgan fingerprint density at radius 1 is 0.912 bits per heavy atom. The smallest absolute Gasteiger partial charge is 0.310 e. The maximum atomic E-state index is 13.7. The number of ether oxygens (including phenoxy) is 1. The third-order valence-electron chi connectivity index (χ3n) is 5.60. The predicted octanol–water partition coefficient (Wildman–Crippen LogP) is 4.99. The van der Waals surface area contributed by atoms with Gasteiger partial charge in [-0.3, -0.25) is 9.59 Å². The van der Waals surface area contributed by atoms with Crippen molar-refractivity contribution in [2.24, 2.45) is 5.92 Å². The number of methoxy groups -OCH3 is 1. The van der Waals surface area contributed by atoms with Gasteiger partial charge in [-0.15, -0.1) is 0 Å². The first kappa shape index (κ1) is 23.0. The summed E-state index contributed by atoms with van der Waals surface area (Å²) in [5.41, 5.74) is 3.92. The number of nitrogens with zero attached hydrogens (tertiary/aromatic N) is 3. The molecule has 6 nitrogen and oxygen atoms in total. The van der Waals surface area contributed by atoms with Crippen molar-refractivity contribution in [1.82, 2.24) is 14.7 Å². The molecule has 172 valence electrons. The maximum Gasteiger partial charge on any atom is 0.310 e. The molecule has 34 heavy (non-hydrogen) atoms. The van der Waals surface area contributed by atoms with Gasteiger partial charge < -0.3 is 9.64 Å². The molecule has 0 radical (unpaired) electrons. The minimum atomic E-state index is -0.470. The van der Waals surface area contributed by atoms with Crippen LogP contribution < -0.4 is 0 Å². The molecule has 0 saturated carbocycles. The Balaban J connectivity index is 1.73. The average molecular weight is 454 g/mol. The van der Waals surface area contributed by atoms with Crippen LogP contribution in [0.2, 0.25) is 0 Å². The normalized spacial score (nSPS) is 11.6. The van der Waals surface area contributed by atoms with E-state index >= 15 is 0 Å². The molecular weight excluding hydrogens is 426 g/mol. The van der Waals surface area contributed by atoms with Crippen molar-refractivity contribution in [3.63, 3.8) is 0 Å². The molecule has 1 atom stereocenters. The molecule has 0 aliphatic rings. The SMILES string of the molecule is COC(=O)C(C)CN(Cc1ccccc1)C(=O)c1cc(-c2ccccc2)n(-c2ccccc2)n1. The lowest BCUT2D eigenvalue weighted by atomic mass is 10.1. The van der Waals surface area contributed by atoms with E-state index in [2.05, 4.69) is 0 Å². The van der Waals surface area contributed by atoms with Gasteiger partial charge in [0.2, 0.25) is 0 Å². The predicted molar refractivity (Wildman–Crippen MR) is 131 cm³/mol. The Hall–Kier alpha value is -4.19. The third-order valence-corrected chi connectivity index (χ3v) is 5.60. The number of amides is 1. The van der Waals surface area contributed by atoms with Crippen molar-refractivity contribution in [3.05, 3.63) is 108 Å². The van der Waals surface area contributed by atoms with Gasteiger partial charge in [-0.1, -0.05) is 85.8 Å². The van der Waals surface area contributed by atoms with Crippen LogP contribution in [0.4, 0.5) is 0 Å². The molecule has 0 N–H and O–H groups in total. The Bertz CT molecular complexity index is 1180. The first-order chi connectivity index (χ1) is 16.6. The van der Waals surface area contributed by atoms with Gasteiger partial charge in [0, 0.05) is 18.7 Å². The first-order valence-electron chi connectivity index (χ1n) is 11.2. The van der Waals surface area contributed by atoms with Crippen LogP contribution in [0, 0.1) is 5.92 Å². The minimum absolute atomic E-state index is 0.221. The topological polar surface area (TPSA) is 64.4 Å². The summed E-state index contributed by atoms with van der Waals surface area (Å²) in [5, 5.41) is 4.70. The van der Waals surface area contributed by atoms with Crippen molar-refractivity contribution in [2.75, 3.05) is 13.7 Å². The van der Waals surface area contributed by atoms with Crippen LogP contribution in [-0.4, -0.2) is 40.2 Å². The fourth-order valence-electron chi connectivity index (χ4n) is 3.86. The van der Waals surface area contributed by atoms with E-state index in [-0.39, 0.29) is 18.4 Å². The molecule has 1 aromatic heterocycles. The van der Waals surface area contributed by atoms with Gasteiger partial charge in [0.1, 0.15) is 0 Å². The molecule has 0 aliphatic heterocycles. The zero-order valence-electron chi connectivity index (χ0n) is 19.3. The third kappa shape index (κ3) is 5.23. The number of carbonyl (C=O) groups is 2. The number of aromatic nitrogens is 2. The molecule has 0 spiro atoms. The standard InChI is InChI=1S/C28H27N3O3/c1-21(28(33)34-2)19-30(20-22-12-6-3-7-13-22)27(32)25-18-26(23-14-8-4-9-15-23)31(29-25)24-16-10-5-11-17-24/h3-18,21H,19-20H2,1-2H3. The summed E-state index contributed by atoms with van der Waals surface area (Å²) < 4.78 is 6.68. The Labute approximate surface area is 199 Å². The maximum absolute atomic E-state index is 13.7. The second-order valence-electron chi connectivity index (χ2n) is 8.12. The first-order valence-corrected chi connectivity index (χ1v) is 11.2. The fourth-order valence-corrected chi connectivity index (χ4v) is 3.86. The van der Waals surface area contributed by atoms with E-state index in [9.17, 15) is 9.59 Å². The lowest BCUT2D eigenvalue weighted by molar-refractivity contribution is -0.145. The van der Waals surface area contributed by atoms with Gasteiger partial charge in [-0.25, -0.2) is 4.68 Å². The monoisotopic (exact) mass is 453 g/mol. The van der Waals surface area contributed by atoms with Crippen LogP contribution in [0.1, 0.15) is 23.0 Å². The fraction of sp³-hybridized carbons (Fsp3) is 0.179. The number of benzene rings is 3. The summed E-state index contributed by atoms with van der Waals surface area (Å²) >= 11 is 0. The number of hydrogen-bond acceptors (Lipinski definition) is 4. The molecular formula is C28H27N3O3. The molecule has 6 heteroatoms. The summed E-state index contributed by atoms with van der Waals surface area (Å²) in [6, 6.07) is 31.1. The van der Waals surface area contributed by atoms with Crippen LogP contribution in [0.5, 0.6) is 0 Å². The summed E-state index contributed by atoms with van der Waals surface area (Å²) in [7, 11) is 1.36. The van der Waals surface area contributed by atoms with Gasteiger partial charge in [0.05, 0.1) is 24.4 Å². The quantitative estimate of drug-likeness (QED) is 0.353. The lowest BCUT2D eigenvalue weighted by Crippen LogP contribution is -2.37. The van der Waals surface area contributed by atoms with Crippen LogP contribution in [-0.2, 0) is 16.1 Å². The molecule has 1 heterocycles. The summed E-state index contributed by atoms with van der Waals surface area (Å²) in [4.78, 5) is 27.5. The van der Waals surface area contributed by atoms with E-state index in [1.165, 1.54) is 7.11 Å². The van der Waals surface area contributed by atoms with E-state index in [0.717, 1.165) is 22.5 Å². The molecule has 4 rings (SSSR count). The van der Waals surface area contributed by atoms with Crippen molar-refractivity contribution in [1.29, 1.82) is 0 Å². The number of rotatable bonds is 8. The van der Waals surface area contributed by atoms with E-state index < -0.39 is 5.92 Å². The second kappa shape index (κ2) is 10.6. The molecule has 0 aliphatic carbocycles. The average Bonchev–Trinajstić information content (AvgIpc) is 3.34. The van der Waals surface area contributed by atoms with E-state index in [1.54, 1.807) is 16.5 Å². The minimum Gasteiger partial charge on any atom is -0.469 e. The molecule has 3 aromatic carbocycles. The van der Waals surface area contributed by atoms with E-state index in [4.69, 9.17) is 9.84 Å². The van der Waals surface area contributed by atoms with Crippen molar-refractivity contribution < 1.29 is 14.3 Å². The van der Waals surface area contributed by atoms with Gasteiger partial charge >= 0.3 is 5.97 Å². The largest absolute Gasteiger partial charge is 0.469 e. The van der Waals surface area contributed by atoms with Crippen LogP contribution in [0.15, 0.2) is 97.1 Å². The summed E-state index contributed by atoms with van der Waals surface area (Å²) in [6.07, 6.45) is 0. The van der Waals surface area contributed by atoms with Gasteiger partial charge in [0.25, 0.3) is 5.91 Å². The van der Waals surface area contributed by atoms with Crippen molar-refractivity contribution >= 4 is 11.9 Å². The van der Waals surface area contributed by atoms with Crippen LogP contribution in [0.3, 0.4) is 0 Å². The van der Waals surface area contributed by atoms with Gasteiger partial charge in [-0.2, -0.15) is 5.10 Å². The van der Waals surface area contributed by atoms with E-state index in [0.29, 0.717) is 12.2 Å². The lowest BCUT2D eigenvalue weighted by Gasteiger charge is -2.24. The highest BCUT2D eigenvalue weighted by atomic mass is 16.5. The van der Waals surface area contributed by atoms with Crippen molar-refractivity contribution in [2.45, 2.75) is 13.5 Å². The molecule has 0 bridgehead atoms. The highest BCUT2D eigenvalue weighted by Crippen LogP contribution is 2.25. The van der Waals surface area contributed by atoms with Gasteiger partial charge in [-0.05, 0) is 23.8 Å². The zero-order valence-corrected chi connectivity index (χ0v) is 19.3. The number of carbonyl (C=O) groups excluding carboxylic acids is 2. The summed E-state index contributed by atoms with van der Waals surface area (Å²) in [5.74, 6) is -1.07. The number of para-hydroxylation sites is 1.